The van der Waals surface area contributed by atoms with E-state index in [1.165, 1.54) is 6.20 Å². The van der Waals surface area contributed by atoms with Crippen LogP contribution in [0.1, 0.15) is 12.5 Å². The number of hydrogen-bond donors (Lipinski definition) is 2. The number of fused-ring (bicyclic) bond motifs is 1. The van der Waals surface area contributed by atoms with Gasteiger partial charge in [0.25, 0.3) is 10.2 Å². The van der Waals surface area contributed by atoms with Crippen LogP contribution in [0.3, 0.4) is 0 Å². The molecule has 7 heteroatoms. The van der Waals surface area contributed by atoms with E-state index in [9.17, 15) is 13.7 Å². The molecule has 0 aliphatic carbocycles. The van der Waals surface area contributed by atoms with Crippen LogP contribution in [0.2, 0.25) is 0 Å². The van der Waals surface area contributed by atoms with Crippen molar-refractivity contribution in [3.05, 3.63) is 60.4 Å². The summed E-state index contributed by atoms with van der Waals surface area (Å²) in [5.74, 6) is 0. The van der Waals surface area contributed by atoms with Gasteiger partial charge in [-0.05, 0) is 23.1 Å². The Balaban J connectivity index is 2.19. The smallest absolute Gasteiger partial charge is 0.270 e. The van der Waals surface area contributed by atoms with Crippen molar-refractivity contribution in [1.82, 2.24) is 9.71 Å². The molecule has 6 nitrogen and oxygen atoms in total. The summed E-state index contributed by atoms with van der Waals surface area (Å²) in [5, 5.41) is 11.0. The van der Waals surface area contributed by atoms with Crippen LogP contribution >= 0.6 is 0 Å². The maximum atomic E-state index is 12.1. The average Bonchev–Trinajstić information content (AvgIpc) is 2.61. The third-order valence-corrected chi connectivity index (χ3v) is 4.89. The van der Waals surface area contributed by atoms with Crippen LogP contribution in [0.4, 0.5) is 5.69 Å². The first-order valence-electron chi connectivity index (χ1n) is 7.69. The topological polar surface area (TPSA) is 94.9 Å². The molecule has 0 amide bonds. The van der Waals surface area contributed by atoms with Crippen LogP contribution in [-0.2, 0) is 10.2 Å². The Morgan fingerprint density at radius 3 is 2.56 bits per heavy atom. The van der Waals surface area contributed by atoms with Gasteiger partial charge >= 0.3 is 0 Å². The van der Waals surface area contributed by atoms with Gasteiger partial charge in [-0.3, -0.25) is 9.71 Å². The lowest BCUT2D eigenvalue weighted by atomic mass is 9.95. The van der Waals surface area contributed by atoms with Crippen molar-refractivity contribution in [2.75, 3.05) is 11.3 Å². The fourth-order valence-corrected chi connectivity index (χ4v) is 3.62. The molecule has 0 fully saturated rings. The number of nitriles is 1. The first-order valence-corrected chi connectivity index (χ1v) is 9.17. The molecular weight excluding hydrogens is 336 g/mol. The molecule has 0 bridgehead atoms. The number of aromatic nitrogens is 1. The Morgan fingerprint density at radius 2 is 1.84 bits per heavy atom. The molecule has 3 rings (SSSR count). The second kappa shape index (κ2) is 6.89. The van der Waals surface area contributed by atoms with Crippen molar-refractivity contribution in [3.63, 3.8) is 0 Å². The van der Waals surface area contributed by atoms with E-state index in [-0.39, 0.29) is 6.54 Å². The predicted molar refractivity (Wildman–Crippen MR) is 98.1 cm³/mol. The minimum Gasteiger partial charge on any atom is -0.270 e. The van der Waals surface area contributed by atoms with Crippen molar-refractivity contribution in [3.8, 4) is 17.2 Å². The maximum absolute atomic E-state index is 12.1. The van der Waals surface area contributed by atoms with E-state index in [0.29, 0.717) is 16.8 Å². The number of nitrogens with one attached hydrogen (secondary N) is 2. The Hall–Kier alpha value is -2.95. The summed E-state index contributed by atoms with van der Waals surface area (Å²) in [5.41, 5.74) is 2.44. The Morgan fingerprint density at radius 1 is 1.08 bits per heavy atom. The minimum atomic E-state index is -3.66. The molecule has 0 saturated heterocycles. The average molecular weight is 352 g/mol. The van der Waals surface area contributed by atoms with Crippen LogP contribution in [0, 0.1) is 11.3 Å². The molecule has 0 aliphatic heterocycles. The van der Waals surface area contributed by atoms with E-state index >= 15 is 0 Å². The Bertz CT molecular complexity index is 1070. The van der Waals surface area contributed by atoms with Gasteiger partial charge in [-0.1, -0.05) is 37.3 Å². The summed E-state index contributed by atoms with van der Waals surface area (Å²) in [6, 6.07) is 14.8. The highest BCUT2D eigenvalue weighted by atomic mass is 32.2. The summed E-state index contributed by atoms with van der Waals surface area (Å²) in [6.07, 6.45) is 3.14. The van der Waals surface area contributed by atoms with E-state index in [2.05, 4.69) is 20.5 Å². The third kappa shape index (κ3) is 3.45. The lowest BCUT2D eigenvalue weighted by molar-refractivity contribution is 0.589. The largest absolute Gasteiger partial charge is 0.299 e. The Kier molecular flexibility index (Phi) is 4.65. The monoisotopic (exact) mass is 352 g/mol. The van der Waals surface area contributed by atoms with E-state index in [1.54, 1.807) is 25.3 Å². The summed E-state index contributed by atoms with van der Waals surface area (Å²) in [7, 11) is -3.66. The molecule has 0 saturated carbocycles. The lowest BCUT2D eigenvalue weighted by Gasteiger charge is -2.14. The second-order valence-electron chi connectivity index (χ2n) is 5.34. The van der Waals surface area contributed by atoms with Crippen LogP contribution in [0.5, 0.6) is 0 Å². The fourth-order valence-electron chi connectivity index (χ4n) is 2.70. The minimum absolute atomic E-state index is 0.287. The number of benzene rings is 2. The van der Waals surface area contributed by atoms with Gasteiger partial charge < -0.3 is 0 Å². The summed E-state index contributed by atoms with van der Waals surface area (Å²) >= 11 is 0. The van der Waals surface area contributed by atoms with Crippen molar-refractivity contribution in [1.29, 1.82) is 5.26 Å². The third-order valence-electron chi connectivity index (χ3n) is 3.73. The van der Waals surface area contributed by atoms with Crippen molar-refractivity contribution >= 4 is 26.7 Å². The van der Waals surface area contributed by atoms with Crippen LogP contribution in [-0.4, -0.2) is 19.9 Å². The van der Waals surface area contributed by atoms with Crippen molar-refractivity contribution in [2.45, 2.75) is 6.92 Å². The molecule has 3 aromatic rings. The normalized spacial score (nSPS) is 11.2. The van der Waals surface area contributed by atoms with E-state index in [0.717, 1.165) is 16.3 Å². The lowest BCUT2D eigenvalue weighted by Crippen LogP contribution is -2.30. The number of nitrogens with zero attached hydrogens (tertiary/aromatic N) is 2. The molecule has 25 heavy (non-hydrogen) atoms. The standard InChI is InChI=1S/C18H16N4O2S/c1-2-21-25(23,24)22-18-9-10-20-12-17(18)16-8-7-13(11-19)14-5-3-4-6-15(14)16/h3-10,12,21H,2H2,1H3,(H,20,22). The van der Waals surface area contributed by atoms with Gasteiger partial charge in [0.05, 0.1) is 17.3 Å². The molecule has 0 unspecified atom stereocenters. The van der Waals surface area contributed by atoms with Gasteiger partial charge in [-0.25, -0.2) is 0 Å². The van der Waals surface area contributed by atoms with Crippen LogP contribution in [0.25, 0.3) is 21.9 Å². The van der Waals surface area contributed by atoms with Crippen molar-refractivity contribution in [2.24, 2.45) is 0 Å². The van der Waals surface area contributed by atoms with Gasteiger partial charge in [0.15, 0.2) is 0 Å². The number of hydrogen-bond acceptors (Lipinski definition) is 4. The predicted octanol–water partition coefficient (Wildman–Crippen LogP) is 3.04. The first-order chi connectivity index (χ1) is 12.1. The molecule has 1 heterocycles. The number of pyridine rings is 1. The van der Waals surface area contributed by atoms with Crippen LogP contribution in [0.15, 0.2) is 54.9 Å². The highest BCUT2D eigenvalue weighted by Gasteiger charge is 2.15. The highest BCUT2D eigenvalue weighted by molar-refractivity contribution is 7.90. The molecule has 0 radical (unpaired) electrons. The zero-order valence-electron chi connectivity index (χ0n) is 13.5. The molecule has 2 aromatic carbocycles. The molecular formula is C18H16N4O2S. The van der Waals surface area contributed by atoms with E-state index in [4.69, 9.17) is 0 Å². The molecule has 0 spiro atoms. The van der Waals surface area contributed by atoms with Crippen LogP contribution < -0.4 is 9.44 Å². The zero-order valence-corrected chi connectivity index (χ0v) is 14.3. The van der Waals surface area contributed by atoms with Gasteiger partial charge in [0.1, 0.15) is 0 Å². The Labute approximate surface area is 146 Å². The molecule has 0 aliphatic rings. The van der Waals surface area contributed by atoms with Gasteiger partial charge in [0, 0.05) is 29.9 Å². The zero-order chi connectivity index (χ0) is 17.9. The number of rotatable bonds is 5. The van der Waals surface area contributed by atoms with Gasteiger partial charge in [0.2, 0.25) is 0 Å². The fraction of sp³-hybridized carbons (Fsp3) is 0.111. The first kappa shape index (κ1) is 16.9. The van der Waals surface area contributed by atoms with E-state index in [1.807, 2.05) is 30.3 Å². The molecule has 126 valence electrons. The second-order valence-corrected chi connectivity index (χ2v) is 6.84. The van der Waals surface area contributed by atoms with E-state index < -0.39 is 10.2 Å². The summed E-state index contributed by atoms with van der Waals surface area (Å²) in [4.78, 5) is 4.13. The van der Waals surface area contributed by atoms with Crippen molar-refractivity contribution < 1.29 is 8.42 Å². The molecule has 0 atom stereocenters. The highest BCUT2D eigenvalue weighted by Crippen LogP contribution is 2.34. The molecule has 2 N–H and O–H groups in total. The quantitative estimate of drug-likeness (QED) is 0.738. The summed E-state index contributed by atoms with van der Waals surface area (Å²) in [6.45, 7) is 2.00. The molecule has 1 aromatic heterocycles. The number of anilines is 1. The summed E-state index contributed by atoms with van der Waals surface area (Å²) < 4.78 is 29.1. The van der Waals surface area contributed by atoms with Gasteiger partial charge in [-0.2, -0.15) is 18.4 Å². The van der Waals surface area contributed by atoms with Gasteiger partial charge in [-0.15, -0.1) is 0 Å². The maximum Gasteiger partial charge on any atom is 0.299 e. The SMILES string of the molecule is CCNS(=O)(=O)Nc1ccncc1-c1ccc(C#N)c2ccccc12.